The van der Waals surface area contributed by atoms with Gasteiger partial charge in [-0.1, -0.05) is 32.0 Å². The number of hydrogen-bond donors (Lipinski definition) is 1. The first kappa shape index (κ1) is 17.4. The molecule has 1 aliphatic heterocycles. The zero-order valence-electron chi connectivity index (χ0n) is 14.9. The number of thiophene rings is 1. The van der Waals surface area contributed by atoms with E-state index in [2.05, 4.69) is 5.32 Å². The highest BCUT2D eigenvalue weighted by Crippen LogP contribution is 2.33. The third-order valence-corrected chi connectivity index (χ3v) is 5.02. The Morgan fingerprint density at radius 1 is 1.12 bits per heavy atom. The molecule has 0 spiro atoms. The molecule has 2 amide bonds. The summed E-state index contributed by atoms with van der Waals surface area (Å²) in [5.41, 5.74) is 3.84. The van der Waals surface area contributed by atoms with Crippen LogP contribution in [0.5, 0.6) is 0 Å². The molecular weight excluding hydrogens is 332 g/mol. The van der Waals surface area contributed by atoms with Crippen molar-refractivity contribution in [3.05, 3.63) is 57.4 Å². The van der Waals surface area contributed by atoms with Crippen molar-refractivity contribution in [1.82, 2.24) is 4.90 Å². The van der Waals surface area contributed by atoms with Crippen LogP contribution in [0, 0.1) is 19.8 Å². The van der Waals surface area contributed by atoms with Gasteiger partial charge >= 0.3 is 0 Å². The molecule has 0 saturated carbocycles. The molecule has 130 valence electrons. The van der Waals surface area contributed by atoms with Gasteiger partial charge in [-0.05, 0) is 48.4 Å². The van der Waals surface area contributed by atoms with E-state index in [0.29, 0.717) is 17.8 Å². The SMILES string of the molecule is Cc1ccc(C)c(NC2=C(c3cccs3)C(=O)N(CC(C)C)C2=O)c1. The fourth-order valence-electron chi connectivity index (χ4n) is 2.88. The predicted molar refractivity (Wildman–Crippen MR) is 102 cm³/mol. The molecule has 0 fully saturated rings. The highest BCUT2D eigenvalue weighted by Gasteiger charge is 2.39. The second kappa shape index (κ2) is 6.84. The topological polar surface area (TPSA) is 49.4 Å². The molecule has 1 N–H and O–H groups in total. The lowest BCUT2D eigenvalue weighted by atomic mass is 10.1. The second-order valence-corrected chi connectivity index (χ2v) is 7.73. The van der Waals surface area contributed by atoms with E-state index in [4.69, 9.17) is 0 Å². The van der Waals surface area contributed by atoms with Crippen LogP contribution in [0.3, 0.4) is 0 Å². The van der Waals surface area contributed by atoms with Crippen molar-refractivity contribution in [2.45, 2.75) is 27.7 Å². The van der Waals surface area contributed by atoms with Gasteiger partial charge in [0, 0.05) is 17.1 Å². The first-order chi connectivity index (χ1) is 11.9. The summed E-state index contributed by atoms with van der Waals surface area (Å²) in [6.07, 6.45) is 0. The standard InChI is InChI=1S/C20H22N2O2S/c1-12(2)11-22-19(23)17(16-6-5-9-25-16)18(20(22)24)21-15-10-13(3)7-8-14(15)4/h5-10,12,21H,11H2,1-4H3. The predicted octanol–water partition coefficient (Wildman–Crippen LogP) is 4.21. The molecule has 0 atom stereocenters. The number of benzene rings is 1. The number of anilines is 1. The molecule has 3 rings (SSSR count). The second-order valence-electron chi connectivity index (χ2n) is 6.79. The van der Waals surface area contributed by atoms with Crippen molar-refractivity contribution in [3.8, 4) is 0 Å². The van der Waals surface area contributed by atoms with Crippen molar-refractivity contribution in [2.24, 2.45) is 5.92 Å². The number of aryl methyl sites for hydroxylation is 2. The molecule has 0 unspecified atom stereocenters. The number of carbonyl (C=O) groups is 2. The summed E-state index contributed by atoms with van der Waals surface area (Å²) in [7, 11) is 0. The van der Waals surface area contributed by atoms with Crippen molar-refractivity contribution in [2.75, 3.05) is 11.9 Å². The minimum atomic E-state index is -0.247. The molecule has 4 nitrogen and oxygen atoms in total. The molecule has 2 aromatic rings. The van der Waals surface area contributed by atoms with Crippen molar-refractivity contribution >= 4 is 34.4 Å². The lowest BCUT2D eigenvalue weighted by Crippen LogP contribution is -2.35. The molecule has 25 heavy (non-hydrogen) atoms. The average molecular weight is 354 g/mol. The lowest BCUT2D eigenvalue weighted by Gasteiger charge is -2.17. The van der Waals surface area contributed by atoms with Crippen LogP contribution in [0.1, 0.15) is 29.9 Å². The number of carbonyl (C=O) groups excluding carboxylic acids is 2. The van der Waals surface area contributed by atoms with Crippen LogP contribution in [-0.2, 0) is 9.59 Å². The van der Waals surface area contributed by atoms with Crippen LogP contribution in [-0.4, -0.2) is 23.3 Å². The van der Waals surface area contributed by atoms with Crippen LogP contribution >= 0.6 is 11.3 Å². The van der Waals surface area contributed by atoms with E-state index < -0.39 is 0 Å². The minimum absolute atomic E-state index is 0.214. The van der Waals surface area contributed by atoms with Crippen LogP contribution in [0.4, 0.5) is 5.69 Å². The van der Waals surface area contributed by atoms with Gasteiger partial charge in [0.15, 0.2) is 0 Å². The van der Waals surface area contributed by atoms with Gasteiger partial charge in [0.2, 0.25) is 0 Å². The number of hydrogen-bond acceptors (Lipinski definition) is 4. The van der Waals surface area contributed by atoms with Gasteiger partial charge in [0.25, 0.3) is 11.8 Å². The molecule has 2 heterocycles. The van der Waals surface area contributed by atoms with E-state index >= 15 is 0 Å². The van der Waals surface area contributed by atoms with E-state index in [1.54, 1.807) is 0 Å². The zero-order chi connectivity index (χ0) is 18.1. The number of imide groups is 1. The summed E-state index contributed by atoms with van der Waals surface area (Å²) >= 11 is 1.47. The Labute approximate surface area is 152 Å². The first-order valence-corrected chi connectivity index (χ1v) is 9.25. The number of nitrogens with one attached hydrogen (secondary N) is 1. The van der Waals surface area contributed by atoms with E-state index in [1.165, 1.54) is 16.2 Å². The van der Waals surface area contributed by atoms with Crippen molar-refractivity contribution in [1.29, 1.82) is 0 Å². The van der Waals surface area contributed by atoms with Gasteiger partial charge in [-0.3, -0.25) is 14.5 Å². The minimum Gasteiger partial charge on any atom is -0.350 e. The maximum absolute atomic E-state index is 12.9. The van der Waals surface area contributed by atoms with Crippen LogP contribution in [0.25, 0.3) is 5.57 Å². The monoisotopic (exact) mass is 354 g/mol. The third-order valence-electron chi connectivity index (χ3n) is 4.14. The molecule has 0 aliphatic carbocycles. The Morgan fingerprint density at radius 3 is 2.52 bits per heavy atom. The van der Waals surface area contributed by atoms with Crippen molar-refractivity contribution < 1.29 is 9.59 Å². The van der Waals surface area contributed by atoms with E-state index in [-0.39, 0.29) is 17.7 Å². The molecular formula is C20H22N2O2S. The van der Waals surface area contributed by atoms with Gasteiger partial charge in [-0.25, -0.2) is 0 Å². The zero-order valence-corrected chi connectivity index (χ0v) is 15.7. The van der Waals surface area contributed by atoms with Crippen LogP contribution in [0.15, 0.2) is 41.4 Å². The molecule has 5 heteroatoms. The average Bonchev–Trinajstić information content (AvgIpc) is 3.14. The van der Waals surface area contributed by atoms with Gasteiger partial charge in [0.1, 0.15) is 5.70 Å². The fourth-order valence-corrected chi connectivity index (χ4v) is 3.65. The summed E-state index contributed by atoms with van der Waals surface area (Å²) in [5.74, 6) is -0.241. The van der Waals surface area contributed by atoms with Gasteiger partial charge in [0.05, 0.1) is 5.57 Å². The third kappa shape index (κ3) is 3.37. The van der Waals surface area contributed by atoms with Crippen LogP contribution in [0.2, 0.25) is 0 Å². The van der Waals surface area contributed by atoms with Gasteiger partial charge < -0.3 is 5.32 Å². The molecule has 1 aromatic heterocycles. The Kier molecular flexibility index (Phi) is 4.77. The molecule has 0 radical (unpaired) electrons. The summed E-state index contributed by atoms with van der Waals surface area (Å²) in [6.45, 7) is 8.42. The smallest absolute Gasteiger partial charge is 0.278 e. The van der Waals surface area contributed by atoms with Crippen molar-refractivity contribution in [3.63, 3.8) is 0 Å². The Hall–Kier alpha value is -2.40. The summed E-state index contributed by atoms with van der Waals surface area (Å²) in [5, 5.41) is 5.16. The van der Waals surface area contributed by atoms with Gasteiger partial charge in [-0.15, -0.1) is 11.3 Å². The fraction of sp³-hybridized carbons (Fsp3) is 0.300. The highest BCUT2D eigenvalue weighted by molar-refractivity contribution is 7.11. The van der Waals surface area contributed by atoms with E-state index in [9.17, 15) is 9.59 Å². The number of nitrogens with zero attached hydrogens (tertiary/aromatic N) is 1. The maximum atomic E-state index is 12.9. The lowest BCUT2D eigenvalue weighted by molar-refractivity contribution is -0.137. The Bertz CT molecular complexity index is 851. The molecule has 1 aliphatic rings. The van der Waals surface area contributed by atoms with E-state index in [0.717, 1.165) is 21.7 Å². The largest absolute Gasteiger partial charge is 0.350 e. The molecule has 1 aromatic carbocycles. The Morgan fingerprint density at radius 2 is 1.88 bits per heavy atom. The molecule has 0 bridgehead atoms. The van der Waals surface area contributed by atoms with Crippen LogP contribution < -0.4 is 5.32 Å². The highest BCUT2D eigenvalue weighted by atomic mass is 32.1. The number of amides is 2. The summed E-state index contributed by atoms with van der Waals surface area (Å²) in [6, 6.07) is 9.81. The quantitative estimate of drug-likeness (QED) is 0.818. The molecule has 0 saturated heterocycles. The maximum Gasteiger partial charge on any atom is 0.278 e. The number of rotatable bonds is 5. The first-order valence-electron chi connectivity index (χ1n) is 8.37. The normalized spacial score (nSPS) is 14.8. The van der Waals surface area contributed by atoms with E-state index in [1.807, 2.05) is 63.4 Å². The summed E-state index contributed by atoms with van der Waals surface area (Å²) < 4.78 is 0. The summed E-state index contributed by atoms with van der Waals surface area (Å²) in [4.78, 5) is 28.0. The van der Waals surface area contributed by atoms with Gasteiger partial charge in [-0.2, -0.15) is 0 Å². The Balaban J connectivity index is 2.06.